The van der Waals surface area contributed by atoms with Gasteiger partial charge in [0.1, 0.15) is 17.9 Å². The summed E-state index contributed by atoms with van der Waals surface area (Å²) in [5.74, 6) is -0.503. The number of ether oxygens (including phenoxy) is 3. The molecule has 3 rings (SSSR count). The highest BCUT2D eigenvalue weighted by Gasteiger charge is 2.22. The van der Waals surface area contributed by atoms with Crippen molar-refractivity contribution in [3.63, 3.8) is 0 Å². The lowest BCUT2D eigenvalue weighted by Crippen LogP contribution is -2.13. The molecule has 0 fully saturated rings. The molecular weight excluding hydrogens is 390 g/mol. The predicted octanol–water partition coefficient (Wildman–Crippen LogP) is 3.71. The first-order valence-electron chi connectivity index (χ1n) is 9.25. The summed E-state index contributed by atoms with van der Waals surface area (Å²) >= 11 is 0. The Morgan fingerprint density at radius 1 is 1.07 bits per heavy atom. The minimum atomic E-state index is -0.637. The standard InChI is InChI=1S/C22H21NO7/c1-3-27-22(25)21-18(17-6-4-5-7-19(17)30-21)13-28-20(24)14-29-23-12-15-8-10-16(26-2)11-9-15/h4-12H,3,13-14H2,1-2H3/b23-12-. The van der Waals surface area contributed by atoms with Crippen LogP contribution >= 0.6 is 0 Å². The zero-order chi connectivity index (χ0) is 21.3. The molecule has 8 nitrogen and oxygen atoms in total. The number of nitrogens with zero attached hydrogens (tertiary/aromatic N) is 1. The number of fused-ring (bicyclic) bond motifs is 1. The molecule has 0 N–H and O–H groups in total. The van der Waals surface area contributed by atoms with Gasteiger partial charge in [0.15, 0.2) is 0 Å². The van der Waals surface area contributed by atoms with Crippen LogP contribution in [-0.2, 0) is 25.7 Å². The molecule has 0 aliphatic rings. The number of para-hydroxylation sites is 1. The van der Waals surface area contributed by atoms with Crippen molar-refractivity contribution in [2.24, 2.45) is 5.16 Å². The van der Waals surface area contributed by atoms with Crippen molar-refractivity contribution < 1.29 is 33.1 Å². The van der Waals surface area contributed by atoms with Crippen LogP contribution in [0.2, 0.25) is 0 Å². The summed E-state index contributed by atoms with van der Waals surface area (Å²) in [6.07, 6.45) is 1.47. The third-order valence-electron chi connectivity index (χ3n) is 4.11. The summed E-state index contributed by atoms with van der Waals surface area (Å²) in [5, 5.41) is 4.42. The van der Waals surface area contributed by atoms with E-state index in [1.54, 1.807) is 62.6 Å². The number of carbonyl (C=O) groups excluding carboxylic acids is 2. The van der Waals surface area contributed by atoms with E-state index in [9.17, 15) is 9.59 Å². The third-order valence-corrected chi connectivity index (χ3v) is 4.11. The molecule has 0 amide bonds. The molecule has 0 saturated carbocycles. The largest absolute Gasteiger partial charge is 0.497 e. The summed E-state index contributed by atoms with van der Waals surface area (Å²) in [5.41, 5.74) is 1.74. The van der Waals surface area contributed by atoms with E-state index in [-0.39, 0.29) is 25.6 Å². The van der Waals surface area contributed by atoms with Gasteiger partial charge in [-0.25, -0.2) is 9.59 Å². The van der Waals surface area contributed by atoms with E-state index >= 15 is 0 Å². The highest BCUT2D eigenvalue weighted by Crippen LogP contribution is 2.27. The Hall–Kier alpha value is -3.81. The van der Waals surface area contributed by atoms with Crippen molar-refractivity contribution in [2.45, 2.75) is 13.5 Å². The number of hydrogen-bond donors (Lipinski definition) is 0. The van der Waals surface area contributed by atoms with Gasteiger partial charge in [-0.1, -0.05) is 23.4 Å². The third kappa shape index (κ3) is 5.16. The summed E-state index contributed by atoms with van der Waals surface area (Å²) in [4.78, 5) is 29.1. The second kappa shape index (κ2) is 10.1. The van der Waals surface area contributed by atoms with Crippen LogP contribution in [0.4, 0.5) is 0 Å². The Morgan fingerprint density at radius 2 is 1.83 bits per heavy atom. The molecule has 0 atom stereocenters. The Kier molecular flexibility index (Phi) is 7.05. The van der Waals surface area contributed by atoms with Crippen LogP contribution in [0.1, 0.15) is 28.6 Å². The van der Waals surface area contributed by atoms with Crippen molar-refractivity contribution in [3.8, 4) is 5.75 Å². The minimum absolute atomic E-state index is 0.0179. The average Bonchev–Trinajstić information content (AvgIpc) is 3.14. The van der Waals surface area contributed by atoms with Crippen LogP contribution in [-0.4, -0.2) is 38.5 Å². The number of benzene rings is 2. The smallest absolute Gasteiger partial charge is 0.374 e. The fraction of sp³-hybridized carbons (Fsp3) is 0.227. The molecular formula is C22H21NO7. The van der Waals surface area contributed by atoms with Crippen LogP contribution in [0, 0.1) is 0 Å². The van der Waals surface area contributed by atoms with E-state index in [1.807, 2.05) is 0 Å². The molecule has 0 aliphatic carbocycles. The highest BCUT2D eigenvalue weighted by molar-refractivity contribution is 5.96. The number of esters is 2. The average molecular weight is 411 g/mol. The zero-order valence-electron chi connectivity index (χ0n) is 16.6. The molecule has 2 aromatic carbocycles. The molecule has 0 saturated heterocycles. The molecule has 0 unspecified atom stereocenters. The Bertz CT molecular complexity index is 1040. The second-order valence-electron chi connectivity index (χ2n) is 6.07. The van der Waals surface area contributed by atoms with Crippen LogP contribution in [0.5, 0.6) is 5.75 Å². The van der Waals surface area contributed by atoms with E-state index in [0.717, 1.165) is 11.3 Å². The summed E-state index contributed by atoms with van der Waals surface area (Å²) in [7, 11) is 1.58. The van der Waals surface area contributed by atoms with Gasteiger partial charge in [0.25, 0.3) is 0 Å². The molecule has 1 aromatic heterocycles. The van der Waals surface area contributed by atoms with E-state index in [0.29, 0.717) is 16.5 Å². The monoisotopic (exact) mass is 411 g/mol. The normalized spacial score (nSPS) is 10.9. The van der Waals surface area contributed by atoms with Gasteiger partial charge in [-0.05, 0) is 42.8 Å². The number of furan rings is 1. The molecule has 1 heterocycles. The van der Waals surface area contributed by atoms with Gasteiger partial charge in [-0.3, -0.25) is 0 Å². The van der Waals surface area contributed by atoms with Gasteiger partial charge < -0.3 is 23.5 Å². The lowest BCUT2D eigenvalue weighted by molar-refractivity contribution is -0.150. The quantitative estimate of drug-likeness (QED) is 0.301. The lowest BCUT2D eigenvalue weighted by Gasteiger charge is -2.05. The number of carbonyl (C=O) groups is 2. The van der Waals surface area contributed by atoms with E-state index in [1.165, 1.54) is 6.21 Å². The first kappa shape index (κ1) is 20.9. The van der Waals surface area contributed by atoms with Crippen LogP contribution in [0.15, 0.2) is 58.1 Å². The Morgan fingerprint density at radius 3 is 2.57 bits per heavy atom. The number of oxime groups is 1. The summed E-state index contributed by atoms with van der Waals surface area (Å²) < 4.78 is 20.9. The fourth-order valence-corrected chi connectivity index (χ4v) is 2.68. The molecule has 0 spiro atoms. The molecule has 8 heteroatoms. The second-order valence-corrected chi connectivity index (χ2v) is 6.07. The van der Waals surface area contributed by atoms with Gasteiger partial charge in [0.2, 0.25) is 12.4 Å². The molecule has 156 valence electrons. The zero-order valence-corrected chi connectivity index (χ0v) is 16.6. The van der Waals surface area contributed by atoms with Crippen molar-refractivity contribution in [1.82, 2.24) is 0 Å². The molecule has 0 aliphatic heterocycles. The van der Waals surface area contributed by atoms with E-state index in [4.69, 9.17) is 23.5 Å². The van der Waals surface area contributed by atoms with Crippen molar-refractivity contribution >= 4 is 29.1 Å². The van der Waals surface area contributed by atoms with Crippen LogP contribution in [0.25, 0.3) is 11.0 Å². The number of hydrogen-bond acceptors (Lipinski definition) is 8. The van der Waals surface area contributed by atoms with Crippen molar-refractivity contribution in [2.75, 3.05) is 20.3 Å². The maximum Gasteiger partial charge on any atom is 0.374 e. The molecule has 3 aromatic rings. The Labute approximate surface area is 173 Å². The Balaban J connectivity index is 1.57. The first-order valence-corrected chi connectivity index (χ1v) is 9.25. The molecule has 30 heavy (non-hydrogen) atoms. The van der Waals surface area contributed by atoms with Crippen molar-refractivity contribution in [3.05, 3.63) is 65.4 Å². The predicted molar refractivity (Wildman–Crippen MR) is 109 cm³/mol. The number of rotatable bonds is 9. The maximum atomic E-state index is 12.2. The maximum absolute atomic E-state index is 12.2. The molecule has 0 radical (unpaired) electrons. The highest BCUT2D eigenvalue weighted by atomic mass is 16.7. The van der Waals surface area contributed by atoms with Gasteiger partial charge in [0.05, 0.1) is 25.5 Å². The van der Waals surface area contributed by atoms with E-state index < -0.39 is 11.9 Å². The minimum Gasteiger partial charge on any atom is -0.497 e. The summed E-state index contributed by atoms with van der Waals surface area (Å²) in [6.45, 7) is 1.37. The van der Waals surface area contributed by atoms with E-state index in [2.05, 4.69) is 5.16 Å². The fourth-order valence-electron chi connectivity index (χ4n) is 2.68. The first-order chi connectivity index (χ1) is 14.6. The topological polar surface area (TPSA) is 96.6 Å². The van der Waals surface area contributed by atoms with Crippen molar-refractivity contribution in [1.29, 1.82) is 0 Å². The van der Waals surface area contributed by atoms with Gasteiger partial charge >= 0.3 is 11.9 Å². The van der Waals surface area contributed by atoms with Gasteiger partial charge in [-0.15, -0.1) is 0 Å². The van der Waals surface area contributed by atoms with Crippen LogP contribution in [0.3, 0.4) is 0 Å². The van der Waals surface area contributed by atoms with Gasteiger partial charge in [0, 0.05) is 5.39 Å². The lowest BCUT2D eigenvalue weighted by atomic mass is 10.1. The summed E-state index contributed by atoms with van der Waals surface area (Å²) in [6, 6.07) is 14.2. The number of methoxy groups -OCH3 is 1. The molecule has 0 bridgehead atoms. The SMILES string of the molecule is CCOC(=O)c1oc2ccccc2c1COC(=O)CO/N=C\c1ccc(OC)cc1. The van der Waals surface area contributed by atoms with Crippen LogP contribution < -0.4 is 4.74 Å². The van der Waals surface area contributed by atoms with Gasteiger partial charge in [-0.2, -0.15) is 0 Å².